The average molecular weight is 307 g/mol. The number of benzene rings is 1. The van der Waals surface area contributed by atoms with Gasteiger partial charge in [0.2, 0.25) is 11.8 Å². The van der Waals surface area contributed by atoms with Gasteiger partial charge in [-0.15, -0.1) is 0 Å². The van der Waals surface area contributed by atoms with Crippen molar-refractivity contribution in [1.29, 1.82) is 5.26 Å². The monoisotopic (exact) mass is 306 g/mol. The normalized spacial score (nSPS) is 16.8. The third kappa shape index (κ3) is 2.29. The number of hydrogen-bond acceptors (Lipinski definition) is 3. The lowest BCUT2D eigenvalue weighted by molar-refractivity contribution is -0.130. The second kappa shape index (κ2) is 4.91. The van der Waals surface area contributed by atoms with Crippen LogP contribution in [0.2, 0.25) is 0 Å². The van der Waals surface area contributed by atoms with Gasteiger partial charge in [-0.3, -0.25) is 9.59 Å². The zero-order chi connectivity index (χ0) is 13.3. The predicted octanol–water partition coefficient (Wildman–Crippen LogP) is 2.61. The Hall–Kier alpha value is -1.67. The molecule has 1 heterocycles. The van der Waals surface area contributed by atoms with Crippen molar-refractivity contribution in [2.45, 2.75) is 19.8 Å². The fourth-order valence-electron chi connectivity index (χ4n) is 2.05. The molecule has 18 heavy (non-hydrogen) atoms. The maximum Gasteiger partial charge on any atom is 0.234 e. The zero-order valence-corrected chi connectivity index (χ0v) is 11.4. The summed E-state index contributed by atoms with van der Waals surface area (Å²) in [5.74, 6) is -0.405. The smallest absolute Gasteiger partial charge is 0.234 e. The van der Waals surface area contributed by atoms with Crippen molar-refractivity contribution in [3.05, 3.63) is 28.2 Å². The molecule has 1 fully saturated rings. The van der Waals surface area contributed by atoms with Crippen LogP contribution in [0.1, 0.15) is 25.3 Å². The highest BCUT2D eigenvalue weighted by Crippen LogP contribution is 2.29. The molecule has 0 atom stereocenters. The lowest BCUT2D eigenvalue weighted by Crippen LogP contribution is -2.43. The Balaban J connectivity index is 2.46. The molecule has 5 heteroatoms. The Labute approximate surface area is 113 Å². The molecule has 1 saturated heterocycles. The summed E-state index contributed by atoms with van der Waals surface area (Å²) in [7, 11) is 0. The number of nitrogens with zero attached hydrogens (tertiary/aromatic N) is 2. The highest BCUT2D eigenvalue weighted by atomic mass is 79.9. The minimum Gasteiger partial charge on any atom is -0.274 e. The summed E-state index contributed by atoms with van der Waals surface area (Å²) >= 11 is 3.26. The van der Waals surface area contributed by atoms with E-state index >= 15 is 0 Å². The number of rotatable bonds is 1. The van der Waals surface area contributed by atoms with Gasteiger partial charge < -0.3 is 0 Å². The second-order valence-electron chi connectivity index (χ2n) is 4.41. The molecule has 2 amide bonds. The number of halogens is 1. The first-order valence-corrected chi connectivity index (χ1v) is 6.37. The van der Waals surface area contributed by atoms with Crippen LogP contribution in [0.25, 0.3) is 0 Å². The van der Waals surface area contributed by atoms with Gasteiger partial charge in [0.15, 0.2) is 0 Å². The van der Waals surface area contributed by atoms with E-state index < -0.39 is 0 Å². The van der Waals surface area contributed by atoms with Gasteiger partial charge in [-0.1, -0.05) is 22.9 Å². The summed E-state index contributed by atoms with van der Waals surface area (Å²) in [5, 5.41) is 9.08. The number of imide groups is 1. The molecule has 0 N–H and O–H groups in total. The molecule has 1 aromatic rings. The lowest BCUT2D eigenvalue weighted by atomic mass is 9.96. The zero-order valence-electron chi connectivity index (χ0n) is 9.81. The molecule has 2 rings (SSSR count). The summed E-state index contributed by atoms with van der Waals surface area (Å²) in [6, 6.07) is 6.95. The Kier molecular flexibility index (Phi) is 3.48. The summed E-state index contributed by atoms with van der Waals surface area (Å²) < 4.78 is 0.744. The third-order valence-electron chi connectivity index (χ3n) is 2.86. The van der Waals surface area contributed by atoms with Crippen LogP contribution in [0.15, 0.2) is 22.7 Å². The maximum absolute atomic E-state index is 12.0. The van der Waals surface area contributed by atoms with Crippen LogP contribution in [0, 0.1) is 17.2 Å². The highest BCUT2D eigenvalue weighted by molar-refractivity contribution is 9.10. The van der Waals surface area contributed by atoms with Crippen LogP contribution >= 0.6 is 15.9 Å². The van der Waals surface area contributed by atoms with Gasteiger partial charge in [-0.05, 0) is 24.1 Å². The van der Waals surface area contributed by atoms with Crippen molar-refractivity contribution in [3.8, 4) is 6.07 Å². The Morgan fingerprint density at radius 1 is 1.33 bits per heavy atom. The lowest BCUT2D eigenvalue weighted by Gasteiger charge is -2.28. The van der Waals surface area contributed by atoms with Crippen LogP contribution in [-0.4, -0.2) is 11.8 Å². The fraction of sp³-hybridized carbons (Fsp3) is 0.308. The van der Waals surface area contributed by atoms with Crippen LogP contribution in [0.5, 0.6) is 0 Å². The molecule has 0 unspecified atom stereocenters. The third-order valence-corrected chi connectivity index (χ3v) is 3.36. The van der Waals surface area contributed by atoms with E-state index in [0.29, 0.717) is 24.1 Å². The van der Waals surface area contributed by atoms with Gasteiger partial charge >= 0.3 is 0 Å². The largest absolute Gasteiger partial charge is 0.274 e. The molecule has 1 aromatic carbocycles. The van der Waals surface area contributed by atoms with E-state index in [1.54, 1.807) is 18.2 Å². The Morgan fingerprint density at radius 3 is 2.50 bits per heavy atom. The van der Waals surface area contributed by atoms with E-state index in [4.69, 9.17) is 5.26 Å². The highest BCUT2D eigenvalue weighted by Gasteiger charge is 2.32. The van der Waals surface area contributed by atoms with Crippen molar-refractivity contribution in [2.24, 2.45) is 5.92 Å². The molecule has 0 aliphatic carbocycles. The first kappa shape index (κ1) is 12.8. The van der Waals surface area contributed by atoms with Gasteiger partial charge in [0, 0.05) is 17.3 Å². The first-order valence-electron chi connectivity index (χ1n) is 5.58. The summed E-state index contributed by atoms with van der Waals surface area (Å²) in [6.07, 6.45) is 0.680. The molecule has 0 saturated carbocycles. The van der Waals surface area contributed by atoms with Gasteiger partial charge in [0.05, 0.1) is 11.3 Å². The van der Waals surface area contributed by atoms with Gasteiger partial charge in [-0.25, -0.2) is 4.90 Å². The standard InChI is InChI=1S/C13H11BrN2O2/c1-8-4-12(17)16(13(18)5-8)11-3-2-10(14)6-9(11)7-15/h2-3,6,8H,4-5H2,1H3. The minimum absolute atomic E-state index is 0.0715. The Bertz CT molecular complexity index is 545. The van der Waals surface area contributed by atoms with Gasteiger partial charge in [-0.2, -0.15) is 5.26 Å². The van der Waals surface area contributed by atoms with E-state index in [0.717, 1.165) is 9.37 Å². The molecular weight excluding hydrogens is 296 g/mol. The van der Waals surface area contributed by atoms with Crippen LogP contribution < -0.4 is 4.90 Å². The summed E-state index contributed by atoms with van der Waals surface area (Å²) in [6.45, 7) is 1.87. The number of carbonyl (C=O) groups excluding carboxylic acids is 2. The number of carbonyl (C=O) groups is 2. The van der Waals surface area contributed by atoms with Gasteiger partial charge in [0.1, 0.15) is 6.07 Å². The number of anilines is 1. The predicted molar refractivity (Wildman–Crippen MR) is 69.7 cm³/mol. The van der Waals surface area contributed by atoms with E-state index in [-0.39, 0.29) is 17.7 Å². The molecule has 4 nitrogen and oxygen atoms in total. The van der Waals surface area contributed by atoms with Crippen molar-refractivity contribution >= 4 is 33.4 Å². The molecule has 1 aliphatic rings. The van der Waals surface area contributed by atoms with Crippen LogP contribution in [0.3, 0.4) is 0 Å². The first-order chi connectivity index (χ1) is 8.52. The van der Waals surface area contributed by atoms with Crippen LogP contribution in [-0.2, 0) is 9.59 Å². The minimum atomic E-state index is -0.238. The number of hydrogen-bond donors (Lipinski definition) is 0. The topological polar surface area (TPSA) is 61.2 Å². The molecule has 0 bridgehead atoms. The van der Waals surface area contributed by atoms with E-state index in [2.05, 4.69) is 15.9 Å². The average Bonchev–Trinajstić information content (AvgIpc) is 2.29. The molecule has 1 aliphatic heterocycles. The van der Waals surface area contributed by atoms with Crippen molar-refractivity contribution < 1.29 is 9.59 Å². The SMILES string of the molecule is CC1CC(=O)N(c2ccc(Br)cc2C#N)C(=O)C1. The van der Waals surface area contributed by atoms with E-state index in [1.165, 1.54) is 0 Å². The number of amides is 2. The van der Waals surface area contributed by atoms with Crippen molar-refractivity contribution in [1.82, 2.24) is 0 Å². The van der Waals surface area contributed by atoms with Crippen molar-refractivity contribution in [3.63, 3.8) is 0 Å². The molecular formula is C13H11BrN2O2. The van der Waals surface area contributed by atoms with Crippen molar-refractivity contribution in [2.75, 3.05) is 4.90 Å². The van der Waals surface area contributed by atoms with E-state index in [1.807, 2.05) is 13.0 Å². The fourth-order valence-corrected chi connectivity index (χ4v) is 2.41. The Morgan fingerprint density at radius 2 is 1.94 bits per heavy atom. The molecule has 0 aromatic heterocycles. The van der Waals surface area contributed by atoms with Gasteiger partial charge in [0.25, 0.3) is 0 Å². The number of piperidine rings is 1. The van der Waals surface area contributed by atoms with Crippen LogP contribution in [0.4, 0.5) is 5.69 Å². The second-order valence-corrected chi connectivity index (χ2v) is 5.33. The molecule has 0 spiro atoms. The summed E-state index contributed by atoms with van der Waals surface area (Å²) in [4.78, 5) is 25.0. The summed E-state index contributed by atoms with van der Waals surface area (Å²) in [5.41, 5.74) is 0.697. The molecule has 0 radical (unpaired) electrons. The maximum atomic E-state index is 12.0. The molecule has 92 valence electrons. The quantitative estimate of drug-likeness (QED) is 0.749. The number of nitriles is 1. The van der Waals surface area contributed by atoms with E-state index in [9.17, 15) is 9.59 Å².